The predicted octanol–water partition coefficient (Wildman–Crippen LogP) is 2.43. The standard InChI is InChI=1S/C16H18N6O5/c1-2-27-16(23)20-13-8-11(14(22(25)26)15(17)19-13)18-9-12(21-24)10-6-4-3-5-7-10/h3-8,24H,2,9H2,1H3,(H4,17,18,19,20,23)/b21-12+. The highest BCUT2D eigenvalue weighted by Crippen LogP contribution is 2.32. The molecule has 0 radical (unpaired) electrons. The molecule has 2 aromatic rings. The van der Waals surface area contributed by atoms with Gasteiger partial charge in [0.2, 0.25) is 5.82 Å². The van der Waals surface area contributed by atoms with E-state index in [9.17, 15) is 20.1 Å². The maximum absolute atomic E-state index is 11.5. The molecular formula is C16H18N6O5. The van der Waals surface area contributed by atoms with Gasteiger partial charge in [-0.2, -0.15) is 0 Å². The van der Waals surface area contributed by atoms with Gasteiger partial charge in [0.1, 0.15) is 17.2 Å². The van der Waals surface area contributed by atoms with Gasteiger partial charge in [-0.3, -0.25) is 15.4 Å². The number of nitrogen functional groups attached to an aromatic ring is 1. The summed E-state index contributed by atoms with van der Waals surface area (Å²) >= 11 is 0. The van der Waals surface area contributed by atoms with Gasteiger partial charge in [0.15, 0.2) is 0 Å². The van der Waals surface area contributed by atoms with Crippen molar-refractivity contribution in [2.24, 2.45) is 5.16 Å². The number of benzene rings is 1. The molecular weight excluding hydrogens is 356 g/mol. The molecule has 11 heteroatoms. The summed E-state index contributed by atoms with van der Waals surface area (Å²) in [6.45, 7) is 1.74. The van der Waals surface area contributed by atoms with E-state index in [4.69, 9.17) is 10.5 Å². The number of nitrogens with one attached hydrogen (secondary N) is 2. The van der Waals surface area contributed by atoms with Crippen molar-refractivity contribution in [3.63, 3.8) is 0 Å². The van der Waals surface area contributed by atoms with Crippen LogP contribution >= 0.6 is 0 Å². The Balaban J connectivity index is 2.28. The number of oxime groups is 1. The van der Waals surface area contributed by atoms with Gasteiger partial charge in [0.05, 0.1) is 18.1 Å². The zero-order chi connectivity index (χ0) is 19.8. The van der Waals surface area contributed by atoms with Gasteiger partial charge < -0.3 is 21.0 Å². The Bertz CT molecular complexity index is 856. The quantitative estimate of drug-likeness (QED) is 0.248. The van der Waals surface area contributed by atoms with Crippen molar-refractivity contribution in [1.82, 2.24) is 4.98 Å². The van der Waals surface area contributed by atoms with Crippen LogP contribution in [-0.2, 0) is 4.74 Å². The number of aromatic nitrogens is 1. The summed E-state index contributed by atoms with van der Waals surface area (Å²) in [6.07, 6.45) is -0.772. The number of nitrogens with two attached hydrogens (primary N) is 1. The number of amides is 1. The molecule has 2 rings (SSSR count). The van der Waals surface area contributed by atoms with Gasteiger partial charge in [0.25, 0.3) is 0 Å². The maximum Gasteiger partial charge on any atom is 0.412 e. The van der Waals surface area contributed by atoms with E-state index in [1.807, 2.05) is 0 Å². The Kier molecular flexibility index (Phi) is 6.47. The summed E-state index contributed by atoms with van der Waals surface area (Å²) in [5.41, 5.74) is 6.07. The first-order valence-corrected chi connectivity index (χ1v) is 7.85. The first-order valence-electron chi connectivity index (χ1n) is 7.85. The number of rotatable bonds is 7. The lowest BCUT2D eigenvalue weighted by atomic mass is 10.1. The van der Waals surface area contributed by atoms with Gasteiger partial charge in [-0.05, 0) is 6.92 Å². The lowest BCUT2D eigenvalue weighted by Crippen LogP contribution is -2.18. The molecule has 1 aromatic heterocycles. The lowest BCUT2D eigenvalue weighted by Gasteiger charge is -2.12. The molecule has 0 unspecified atom stereocenters. The van der Waals surface area contributed by atoms with Crippen molar-refractivity contribution < 1.29 is 19.7 Å². The van der Waals surface area contributed by atoms with Crippen molar-refractivity contribution in [1.29, 1.82) is 0 Å². The summed E-state index contributed by atoms with van der Waals surface area (Å²) in [6, 6.07) is 10.0. The van der Waals surface area contributed by atoms with Crippen molar-refractivity contribution in [2.75, 3.05) is 29.5 Å². The molecule has 0 spiro atoms. The van der Waals surface area contributed by atoms with E-state index >= 15 is 0 Å². The second-order valence-corrected chi connectivity index (χ2v) is 5.16. The summed E-state index contributed by atoms with van der Waals surface area (Å²) in [7, 11) is 0. The van der Waals surface area contributed by atoms with Crippen molar-refractivity contribution in [3.05, 3.63) is 52.1 Å². The highest BCUT2D eigenvalue weighted by atomic mass is 16.6. The number of pyridine rings is 1. The van der Waals surface area contributed by atoms with Crippen LogP contribution in [0, 0.1) is 10.1 Å². The molecule has 0 bridgehead atoms. The highest BCUT2D eigenvalue weighted by molar-refractivity contribution is 6.03. The summed E-state index contributed by atoms with van der Waals surface area (Å²) in [4.78, 5) is 25.9. The van der Waals surface area contributed by atoms with Crippen LogP contribution in [0.25, 0.3) is 0 Å². The average Bonchev–Trinajstić information content (AvgIpc) is 2.62. The van der Waals surface area contributed by atoms with Crippen LogP contribution in [0.15, 0.2) is 41.6 Å². The van der Waals surface area contributed by atoms with Crippen LogP contribution in [-0.4, -0.2) is 40.1 Å². The third kappa shape index (κ3) is 5.04. The molecule has 5 N–H and O–H groups in total. The van der Waals surface area contributed by atoms with Gasteiger partial charge >= 0.3 is 11.8 Å². The van der Waals surface area contributed by atoms with Gasteiger partial charge in [0, 0.05) is 11.6 Å². The number of hydrogen-bond donors (Lipinski definition) is 4. The van der Waals surface area contributed by atoms with Crippen LogP contribution in [0.5, 0.6) is 0 Å². The summed E-state index contributed by atoms with van der Waals surface area (Å²) in [5.74, 6) is -0.416. The first-order chi connectivity index (χ1) is 13.0. The zero-order valence-corrected chi connectivity index (χ0v) is 14.4. The van der Waals surface area contributed by atoms with Crippen LogP contribution < -0.4 is 16.4 Å². The van der Waals surface area contributed by atoms with E-state index in [1.54, 1.807) is 37.3 Å². The Labute approximate surface area is 154 Å². The van der Waals surface area contributed by atoms with E-state index in [2.05, 4.69) is 20.8 Å². The Morgan fingerprint density at radius 1 is 1.41 bits per heavy atom. The normalized spacial score (nSPS) is 10.9. The Hall–Kier alpha value is -3.89. The predicted molar refractivity (Wildman–Crippen MR) is 99.2 cm³/mol. The molecule has 1 heterocycles. The van der Waals surface area contributed by atoms with E-state index in [-0.39, 0.29) is 36.2 Å². The molecule has 0 aliphatic heterocycles. The van der Waals surface area contributed by atoms with Crippen molar-refractivity contribution in [3.8, 4) is 0 Å². The minimum Gasteiger partial charge on any atom is -0.450 e. The van der Waals surface area contributed by atoms with Crippen molar-refractivity contribution >= 4 is 34.8 Å². The topological polar surface area (TPSA) is 165 Å². The van der Waals surface area contributed by atoms with E-state index < -0.39 is 16.7 Å². The minimum atomic E-state index is -0.772. The van der Waals surface area contributed by atoms with Crippen LogP contribution in [0.4, 0.5) is 27.8 Å². The summed E-state index contributed by atoms with van der Waals surface area (Å²) in [5, 5.41) is 28.9. The van der Waals surface area contributed by atoms with Gasteiger partial charge in [-0.25, -0.2) is 9.78 Å². The second-order valence-electron chi connectivity index (χ2n) is 5.16. The number of nitrogens with zero attached hydrogens (tertiary/aromatic N) is 3. The monoisotopic (exact) mass is 374 g/mol. The molecule has 142 valence electrons. The molecule has 1 aromatic carbocycles. The maximum atomic E-state index is 11.5. The smallest absolute Gasteiger partial charge is 0.412 e. The third-order valence-corrected chi connectivity index (χ3v) is 3.38. The lowest BCUT2D eigenvalue weighted by molar-refractivity contribution is -0.383. The molecule has 0 aliphatic rings. The number of carbonyl (C=O) groups excluding carboxylic acids is 1. The van der Waals surface area contributed by atoms with E-state index in [1.165, 1.54) is 6.07 Å². The molecule has 27 heavy (non-hydrogen) atoms. The zero-order valence-electron chi connectivity index (χ0n) is 14.4. The number of ether oxygens (including phenoxy) is 1. The number of anilines is 3. The number of nitro groups is 1. The molecule has 11 nitrogen and oxygen atoms in total. The number of carbonyl (C=O) groups is 1. The minimum absolute atomic E-state index is 0.00335. The molecule has 0 saturated carbocycles. The van der Waals surface area contributed by atoms with Crippen LogP contribution in [0.3, 0.4) is 0 Å². The average molecular weight is 374 g/mol. The fraction of sp³-hybridized carbons (Fsp3) is 0.188. The van der Waals surface area contributed by atoms with Gasteiger partial charge in [-0.1, -0.05) is 35.5 Å². The third-order valence-electron chi connectivity index (χ3n) is 3.38. The summed E-state index contributed by atoms with van der Waals surface area (Å²) < 4.78 is 4.74. The Morgan fingerprint density at radius 3 is 2.70 bits per heavy atom. The SMILES string of the molecule is CCOC(=O)Nc1cc(NC/C(=N\O)c2ccccc2)c([N+](=O)[O-])c(N)n1. The molecule has 0 saturated heterocycles. The molecule has 0 atom stereocenters. The van der Waals surface area contributed by atoms with E-state index in [0.29, 0.717) is 5.56 Å². The van der Waals surface area contributed by atoms with Crippen LogP contribution in [0.2, 0.25) is 0 Å². The first kappa shape index (κ1) is 19.4. The van der Waals surface area contributed by atoms with Crippen molar-refractivity contribution in [2.45, 2.75) is 6.92 Å². The second kappa shape index (κ2) is 8.99. The van der Waals surface area contributed by atoms with Crippen LogP contribution in [0.1, 0.15) is 12.5 Å². The largest absolute Gasteiger partial charge is 0.450 e. The number of hydrogen-bond acceptors (Lipinski definition) is 9. The molecule has 0 aliphatic carbocycles. The fourth-order valence-corrected chi connectivity index (χ4v) is 2.23. The van der Waals surface area contributed by atoms with E-state index in [0.717, 1.165) is 0 Å². The highest BCUT2D eigenvalue weighted by Gasteiger charge is 2.22. The fourth-order valence-electron chi connectivity index (χ4n) is 2.23. The van der Waals surface area contributed by atoms with Gasteiger partial charge in [-0.15, -0.1) is 0 Å². The molecule has 1 amide bonds. The Morgan fingerprint density at radius 2 is 2.11 bits per heavy atom. The molecule has 0 fully saturated rings.